The summed E-state index contributed by atoms with van der Waals surface area (Å²) in [4.78, 5) is 16.3. The number of primary sulfonamides is 1. The van der Waals surface area contributed by atoms with Crippen LogP contribution in [0.4, 0.5) is 5.69 Å². The lowest BCUT2D eigenvalue weighted by Crippen LogP contribution is -2.13. The van der Waals surface area contributed by atoms with E-state index < -0.39 is 21.0 Å². The van der Waals surface area contributed by atoms with Gasteiger partial charge in [0.2, 0.25) is 5.09 Å². The number of rotatable bonds is 4. The largest absolute Gasteiger partial charge is 0.448 e. The Morgan fingerprint density at radius 3 is 2.75 bits per heavy atom. The fourth-order valence-electron chi connectivity index (χ4n) is 2.17. The van der Waals surface area contributed by atoms with E-state index in [0.717, 1.165) is 11.8 Å². The maximum Gasteiger partial charge on any atom is 0.271 e. The fourth-order valence-corrected chi connectivity index (χ4v) is 2.70. The van der Waals surface area contributed by atoms with Gasteiger partial charge in [0.1, 0.15) is 5.76 Å². The first-order valence-electron chi connectivity index (χ1n) is 6.87. The van der Waals surface area contributed by atoms with E-state index in [2.05, 4.69) is 10.3 Å². The summed E-state index contributed by atoms with van der Waals surface area (Å²) in [5.41, 5.74) is 1.47. The molecule has 0 saturated heterocycles. The van der Waals surface area contributed by atoms with Crippen LogP contribution >= 0.6 is 0 Å². The van der Waals surface area contributed by atoms with Crippen molar-refractivity contribution in [3.8, 4) is 5.69 Å². The average Bonchev–Trinajstić information content (AvgIpc) is 3.16. The van der Waals surface area contributed by atoms with Crippen LogP contribution < -0.4 is 10.5 Å². The van der Waals surface area contributed by atoms with E-state index in [0.29, 0.717) is 5.69 Å². The average molecular weight is 346 g/mol. The maximum atomic E-state index is 12.3. The Morgan fingerprint density at radius 2 is 2.12 bits per heavy atom. The van der Waals surface area contributed by atoms with Crippen LogP contribution in [0.25, 0.3) is 5.69 Å². The quantitative estimate of drug-likeness (QED) is 0.744. The molecule has 8 nitrogen and oxygen atoms in total. The molecule has 2 aromatic heterocycles. The van der Waals surface area contributed by atoms with Crippen LogP contribution in [0.15, 0.2) is 58.6 Å². The molecule has 0 unspecified atom stereocenters. The number of benzene rings is 1. The highest BCUT2D eigenvalue weighted by molar-refractivity contribution is 7.89. The molecule has 0 bridgehead atoms. The lowest BCUT2D eigenvalue weighted by atomic mass is 10.2. The van der Waals surface area contributed by atoms with Gasteiger partial charge in [0.05, 0.1) is 11.9 Å². The summed E-state index contributed by atoms with van der Waals surface area (Å²) in [7, 11) is -4.00. The Kier molecular flexibility index (Phi) is 3.96. The first-order valence-corrected chi connectivity index (χ1v) is 8.42. The number of aryl methyl sites for hydroxylation is 1. The smallest absolute Gasteiger partial charge is 0.271 e. The molecule has 9 heteroatoms. The van der Waals surface area contributed by atoms with Crippen LogP contribution in [0.3, 0.4) is 0 Å². The summed E-state index contributed by atoms with van der Waals surface area (Å²) in [6, 6.07) is 8.23. The predicted molar refractivity (Wildman–Crippen MR) is 86.3 cm³/mol. The number of nitrogens with two attached hydrogens (primary N) is 1. The monoisotopic (exact) mass is 346 g/mol. The molecule has 2 heterocycles. The zero-order chi connectivity index (χ0) is 17.3. The second-order valence-corrected chi connectivity index (χ2v) is 6.55. The molecule has 0 aliphatic rings. The number of aromatic nitrogens is 2. The van der Waals surface area contributed by atoms with E-state index in [1.54, 1.807) is 41.5 Å². The van der Waals surface area contributed by atoms with Crippen LogP contribution in [-0.4, -0.2) is 23.9 Å². The third-order valence-corrected chi connectivity index (χ3v) is 4.09. The molecule has 3 aromatic rings. The topological polar surface area (TPSA) is 120 Å². The SMILES string of the molecule is Cc1oc(S(N)(=O)=O)cc1C(=O)Nc1cccc(-n2ccnc2)c1. The number of hydrogen-bond donors (Lipinski definition) is 2. The van der Waals surface area contributed by atoms with Gasteiger partial charge in [-0.1, -0.05) is 6.07 Å². The van der Waals surface area contributed by atoms with Gasteiger partial charge < -0.3 is 14.3 Å². The van der Waals surface area contributed by atoms with Crippen molar-refractivity contribution in [1.29, 1.82) is 0 Å². The highest BCUT2D eigenvalue weighted by atomic mass is 32.2. The Morgan fingerprint density at radius 1 is 1.33 bits per heavy atom. The van der Waals surface area contributed by atoms with Crippen LogP contribution in [-0.2, 0) is 10.0 Å². The summed E-state index contributed by atoms with van der Waals surface area (Å²) in [5, 5.41) is 7.25. The van der Waals surface area contributed by atoms with Gasteiger partial charge in [-0.25, -0.2) is 18.5 Å². The number of anilines is 1. The molecule has 124 valence electrons. The van der Waals surface area contributed by atoms with Crippen molar-refractivity contribution in [3.05, 3.63) is 60.4 Å². The van der Waals surface area contributed by atoms with E-state index in [1.165, 1.54) is 6.92 Å². The minimum absolute atomic E-state index is 0.104. The second-order valence-electron chi connectivity index (χ2n) is 5.05. The van der Waals surface area contributed by atoms with Crippen molar-refractivity contribution >= 4 is 21.6 Å². The molecule has 24 heavy (non-hydrogen) atoms. The van der Waals surface area contributed by atoms with Crippen LogP contribution in [0.1, 0.15) is 16.1 Å². The first-order chi connectivity index (χ1) is 11.3. The van der Waals surface area contributed by atoms with Crippen LogP contribution in [0, 0.1) is 6.92 Å². The van der Waals surface area contributed by atoms with E-state index in [1.807, 2.05) is 6.07 Å². The van der Waals surface area contributed by atoms with E-state index in [4.69, 9.17) is 9.56 Å². The minimum Gasteiger partial charge on any atom is -0.448 e. The number of carbonyl (C=O) groups is 1. The van der Waals surface area contributed by atoms with Crippen LogP contribution in [0.5, 0.6) is 0 Å². The molecule has 3 N–H and O–H groups in total. The zero-order valence-electron chi connectivity index (χ0n) is 12.6. The number of carbonyl (C=O) groups excluding carboxylic acids is 1. The molecular formula is C15H14N4O4S. The standard InChI is InChI=1S/C15H14N4O4S/c1-10-13(8-14(23-10)24(16,21)22)15(20)18-11-3-2-4-12(7-11)19-6-5-17-9-19/h2-9H,1H3,(H,18,20)(H2,16,21,22). The van der Waals surface area contributed by atoms with Crippen molar-refractivity contribution in [2.24, 2.45) is 5.14 Å². The second kappa shape index (κ2) is 5.95. The minimum atomic E-state index is -4.00. The number of imidazole rings is 1. The number of nitrogens with one attached hydrogen (secondary N) is 1. The van der Waals surface area contributed by atoms with E-state index in [-0.39, 0.29) is 11.3 Å². The summed E-state index contributed by atoms with van der Waals surface area (Å²) < 4.78 is 29.4. The number of sulfonamides is 1. The number of furan rings is 1. The number of nitrogens with zero attached hydrogens (tertiary/aromatic N) is 2. The third-order valence-electron chi connectivity index (χ3n) is 3.33. The number of amides is 1. The Balaban J connectivity index is 1.86. The van der Waals surface area contributed by atoms with Crippen molar-refractivity contribution < 1.29 is 17.6 Å². The number of hydrogen-bond acceptors (Lipinski definition) is 5. The molecule has 1 amide bonds. The van der Waals surface area contributed by atoms with Crippen molar-refractivity contribution in [1.82, 2.24) is 9.55 Å². The van der Waals surface area contributed by atoms with Gasteiger partial charge in [-0.15, -0.1) is 0 Å². The van der Waals surface area contributed by atoms with E-state index >= 15 is 0 Å². The molecule has 0 saturated carbocycles. The molecular weight excluding hydrogens is 332 g/mol. The molecule has 1 aromatic carbocycles. The molecule has 0 atom stereocenters. The maximum absolute atomic E-state index is 12.3. The summed E-state index contributed by atoms with van der Waals surface area (Å²) in [6.45, 7) is 1.49. The first kappa shape index (κ1) is 16.0. The molecule has 0 aliphatic carbocycles. The van der Waals surface area contributed by atoms with Gasteiger partial charge in [0.15, 0.2) is 0 Å². The summed E-state index contributed by atoms with van der Waals surface area (Å²) >= 11 is 0. The molecule has 3 rings (SSSR count). The van der Waals surface area contributed by atoms with Gasteiger partial charge in [-0.2, -0.15) is 0 Å². The van der Waals surface area contributed by atoms with Crippen molar-refractivity contribution in [2.45, 2.75) is 12.0 Å². The highest BCUT2D eigenvalue weighted by Crippen LogP contribution is 2.20. The Bertz CT molecular complexity index is 990. The van der Waals surface area contributed by atoms with Gasteiger partial charge in [-0.05, 0) is 25.1 Å². The zero-order valence-corrected chi connectivity index (χ0v) is 13.4. The van der Waals surface area contributed by atoms with Gasteiger partial charge in [0, 0.05) is 29.8 Å². The summed E-state index contributed by atoms with van der Waals surface area (Å²) in [5.74, 6) is -0.323. The molecule has 0 spiro atoms. The Labute approximate surface area is 138 Å². The molecule has 0 radical (unpaired) electrons. The van der Waals surface area contributed by atoms with Crippen LogP contribution in [0.2, 0.25) is 0 Å². The van der Waals surface area contributed by atoms with E-state index in [9.17, 15) is 13.2 Å². The fraction of sp³-hybridized carbons (Fsp3) is 0.0667. The Hall–Kier alpha value is -2.91. The van der Waals surface area contributed by atoms with Gasteiger partial charge in [-0.3, -0.25) is 4.79 Å². The summed E-state index contributed by atoms with van der Waals surface area (Å²) in [6.07, 6.45) is 5.06. The van der Waals surface area contributed by atoms with Gasteiger partial charge >= 0.3 is 0 Å². The lowest BCUT2D eigenvalue weighted by molar-refractivity contribution is 0.102. The lowest BCUT2D eigenvalue weighted by Gasteiger charge is -2.07. The predicted octanol–water partition coefficient (Wildman–Crippen LogP) is 1.67. The normalized spacial score (nSPS) is 11.4. The third kappa shape index (κ3) is 3.21. The molecule has 0 fully saturated rings. The van der Waals surface area contributed by atoms with Crippen molar-refractivity contribution in [3.63, 3.8) is 0 Å². The van der Waals surface area contributed by atoms with Gasteiger partial charge in [0.25, 0.3) is 15.9 Å². The van der Waals surface area contributed by atoms with Crippen molar-refractivity contribution in [2.75, 3.05) is 5.32 Å². The molecule has 0 aliphatic heterocycles. The highest BCUT2D eigenvalue weighted by Gasteiger charge is 2.21.